The summed E-state index contributed by atoms with van der Waals surface area (Å²) in [5.74, 6) is 1.03. The first-order chi connectivity index (χ1) is 7.02. The zero-order valence-corrected chi connectivity index (χ0v) is 11.4. The molecule has 1 rings (SSSR count). The molecule has 96 valence electrons. The molecule has 1 aliphatic carbocycles. The van der Waals surface area contributed by atoms with Crippen molar-refractivity contribution in [2.45, 2.75) is 45.6 Å². The minimum atomic E-state index is -0.337. The Morgan fingerprint density at radius 2 is 1.88 bits per heavy atom. The predicted molar refractivity (Wildman–Crippen MR) is 69.7 cm³/mol. The van der Waals surface area contributed by atoms with Crippen molar-refractivity contribution >= 4 is 18.3 Å². The highest BCUT2D eigenvalue weighted by Gasteiger charge is 2.24. The normalized spacial score (nSPS) is 18.3. The van der Waals surface area contributed by atoms with E-state index < -0.39 is 0 Å². The fourth-order valence-corrected chi connectivity index (χ4v) is 2.21. The Balaban J connectivity index is 0.00000225. The molecule has 0 radical (unpaired) electrons. The number of carbonyl (C=O) groups is 1. The summed E-state index contributed by atoms with van der Waals surface area (Å²) in [5, 5.41) is 0. The molecule has 0 heterocycles. The third-order valence-corrected chi connectivity index (χ3v) is 3.39. The average molecular weight is 249 g/mol. The molecule has 16 heavy (non-hydrogen) atoms. The second-order valence-corrected chi connectivity index (χ2v) is 5.14. The summed E-state index contributed by atoms with van der Waals surface area (Å²) in [4.78, 5) is 13.7. The number of amides is 1. The first-order valence-corrected chi connectivity index (χ1v) is 6.03. The average Bonchev–Trinajstić information content (AvgIpc) is 2.67. The number of nitrogens with two attached hydrogens (primary N) is 1. The van der Waals surface area contributed by atoms with Crippen molar-refractivity contribution in [2.75, 3.05) is 13.6 Å². The Labute approximate surface area is 105 Å². The molecule has 0 unspecified atom stereocenters. The molecule has 0 aromatic heterocycles. The minimum Gasteiger partial charge on any atom is -0.344 e. The molecule has 0 bridgehead atoms. The lowest BCUT2D eigenvalue weighted by molar-refractivity contribution is -0.132. The van der Waals surface area contributed by atoms with Gasteiger partial charge in [0.05, 0.1) is 6.04 Å². The summed E-state index contributed by atoms with van der Waals surface area (Å²) in [6.07, 6.45) is 5.19. The van der Waals surface area contributed by atoms with Crippen molar-refractivity contribution in [3.63, 3.8) is 0 Å². The first kappa shape index (κ1) is 15.7. The molecule has 2 N–H and O–H groups in total. The van der Waals surface area contributed by atoms with Crippen LogP contribution in [0.3, 0.4) is 0 Å². The number of nitrogens with zero attached hydrogens (tertiary/aromatic N) is 1. The lowest BCUT2D eigenvalue weighted by Crippen LogP contribution is -2.46. The number of carbonyl (C=O) groups excluding carboxylic acids is 1. The van der Waals surface area contributed by atoms with Crippen molar-refractivity contribution in [1.82, 2.24) is 4.90 Å². The summed E-state index contributed by atoms with van der Waals surface area (Å²) >= 11 is 0. The van der Waals surface area contributed by atoms with E-state index in [9.17, 15) is 4.79 Å². The third kappa shape index (κ3) is 4.30. The van der Waals surface area contributed by atoms with E-state index in [0.717, 1.165) is 6.54 Å². The molecule has 1 amide bonds. The van der Waals surface area contributed by atoms with Gasteiger partial charge in [-0.1, -0.05) is 26.7 Å². The van der Waals surface area contributed by atoms with E-state index in [0.29, 0.717) is 5.92 Å². The third-order valence-electron chi connectivity index (χ3n) is 3.39. The van der Waals surface area contributed by atoms with Crippen LogP contribution < -0.4 is 5.73 Å². The Hall–Kier alpha value is -0.280. The Morgan fingerprint density at radius 3 is 2.31 bits per heavy atom. The van der Waals surface area contributed by atoms with Gasteiger partial charge in [0.15, 0.2) is 0 Å². The van der Waals surface area contributed by atoms with Gasteiger partial charge in [0.1, 0.15) is 0 Å². The Bertz CT molecular complexity index is 215. The predicted octanol–water partition coefficient (Wildman–Crippen LogP) is 2.04. The molecule has 1 atom stereocenters. The van der Waals surface area contributed by atoms with Crippen LogP contribution >= 0.6 is 12.4 Å². The second kappa shape index (κ2) is 7.13. The maximum absolute atomic E-state index is 11.9. The van der Waals surface area contributed by atoms with E-state index in [4.69, 9.17) is 5.73 Å². The van der Waals surface area contributed by atoms with Gasteiger partial charge in [-0.05, 0) is 24.7 Å². The van der Waals surface area contributed by atoms with Crippen molar-refractivity contribution in [2.24, 2.45) is 17.6 Å². The van der Waals surface area contributed by atoms with Crippen LogP contribution in [0.1, 0.15) is 39.5 Å². The number of likely N-dealkylation sites (N-methyl/N-ethyl adjacent to an activating group) is 1. The maximum atomic E-state index is 11.9. The maximum Gasteiger partial charge on any atom is 0.239 e. The van der Waals surface area contributed by atoms with Crippen molar-refractivity contribution in [1.29, 1.82) is 0 Å². The molecule has 0 aromatic rings. The molecular weight excluding hydrogens is 224 g/mol. The summed E-state index contributed by atoms with van der Waals surface area (Å²) in [6, 6.07) is -0.337. The van der Waals surface area contributed by atoms with Crippen molar-refractivity contribution < 1.29 is 4.79 Å². The molecule has 0 aliphatic heterocycles. The van der Waals surface area contributed by atoms with Gasteiger partial charge < -0.3 is 10.6 Å². The monoisotopic (exact) mass is 248 g/mol. The van der Waals surface area contributed by atoms with Gasteiger partial charge in [-0.3, -0.25) is 4.79 Å². The molecule has 0 spiro atoms. The van der Waals surface area contributed by atoms with E-state index in [1.54, 1.807) is 0 Å². The van der Waals surface area contributed by atoms with E-state index in [2.05, 4.69) is 0 Å². The molecule has 0 aromatic carbocycles. The van der Waals surface area contributed by atoms with Crippen LogP contribution in [-0.2, 0) is 4.79 Å². The smallest absolute Gasteiger partial charge is 0.239 e. The second-order valence-electron chi connectivity index (χ2n) is 5.14. The summed E-state index contributed by atoms with van der Waals surface area (Å²) in [5.41, 5.74) is 5.84. The van der Waals surface area contributed by atoms with Crippen LogP contribution in [0, 0.1) is 11.8 Å². The largest absolute Gasteiger partial charge is 0.344 e. The van der Waals surface area contributed by atoms with Gasteiger partial charge in [-0.2, -0.15) is 0 Å². The standard InChI is InChI=1S/C12H24N2O.ClH/c1-9(2)11(13)12(15)14(3)8-10-6-4-5-7-10;/h9-11H,4-8,13H2,1-3H3;1H/t11-;/m1./s1. The number of halogens is 1. The molecule has 3 nitrogen and oxygen atoms in total. The molecular formula is C12H25ClN2O. The van der Waals surface area contributed by atoms with Gasteiger partial charge in [-0.25, -0.2) is 0 Å². The van der Waals surface area contributed by atoms with Gasteiger partial charge in [0.2, 0.25) is 5.91 Å². The highest BCUT2D eigenvalue weighted by molar-refractivity contribution is 5.85. The fourth-order valence-electron chi connectivity index (χ4n) is 2.21. The Morgan fingerprint density at radius 1 is 1.38 bits per heavy atom. The molecule has 0 saturated heterocycles. The van der Waals surface area contributed by atoms with E-state index >= 15 is 0 Å². The van der Waals surface area contributed by atoms with Crippen LogP contribution in [0.15, 0.2) is 0 Å². The van der Waals surface area contributed by atoms with Gasteiger partial charge in [-0.15, -0.1) is 12.4 Å². The van der Waals surface area contributed by atoms with Crippen LogP contribution in [0.2, 0.25) is 0 Å². The highest BCUT2D eigenvalue weighted by Crippen LogP contribution is 2.25. The fraction of sp³-hybridized carbons (Fsp3) is 0.917. The number of hydrogen-bond acceptors (Lipinski definition) is 2. The number of rotatable bonds is 4. The number of hydrogen-bond donors (Lipinski definition) is 1. The van der Waals surface area contributed by atoms with E-state index in [-0.39, 0.29) is 30.3 Å². The highest BCUT2D eigenvalue weighted by atomic mass is 35.5. The SMILES string of the molecule is CC(C)[C@@H](N)C(=O)N(C)CC1CCCC1.Cl. The quantitative estimate of drug-likeness (QED) is 0.828. The first-order valence-electron chi connectivity index (χ1n) is 6.03. The zero-order valence-electron chi connectivity index (χ0n) is 10.6. The molecule has 1 fully saturated rings. The minimum absolute atomic E-state index is 0. The molecule has 1 saturated carbocycles. The van der Waals surface area contributed by atoms with Gasteiger partial charge in [0.25, 0.3) is 0 Å². The van der Waals surface area contributed by atoms with Crippen molar-refractivity contribution in [3.8, 4) is 0 Å². The lowest BCUT2D eigenvalue weighted by atomic mass is 10.0. The summed E-state index contributed by atoms with van der Waals surface area (Å²) in [7, 11) is 1.88. The van der Waals surface area contributed by atoms with Gasteiger partial charge >= 0.3 is 0 Å². The lowest BCUT2D eigenvalue weighted by Gasteiger charge is -2.25. The van der Waals surface area contributed by atoms with E-state index in [1.807, 2.05) is 25.8 Å². The molecule has 1 aliphatic rings. The molecule has 4 heteroatoms. The van der Waals surface area contributed by atoms with Crippen LogP contribution in [-0.4, -0.2) is 30.4 Å². The summed E-state index contributed by atoms with van der Waals surface area (Å²) in [6.45, 7) is 4.87. The zero-order chi connectivity index (χ0) is 11.4. The summed E-state index contributed by atoms with van der Waals surface area (Å²) < 4.78 is 0. The van der Waals surface area contributed by atoms with Gasteiger partial charge in [0, 0.05) is 13.6 Å². The Kier molecular flexibility index (Phi) is 7.00. The van der Waals surface area contributed by atoms with Crippen LogP contribution in [0.25, 0.3) is 0 Å². The van der Waals surface area contributed by atoms with E-state index in [1.165, 1.54) is 25.7 Å². The van der Waals surface area contributed by atoms with Crippen LogP contribution in [0.5, 0.6) is 0 Å². The van der Waals surface area contributed by atoms with Crippen molar-refractivity contribution in [3.05, 3.63) is 0 Å². The van der Waals surface area contributed by atoms with Crippen LogP contribution in [0.4, 0.5) is 0 Å². The topological polar surface area (TPSA) is 46.3 Å².